The van der Waals surface area contributed by atoms with E-state index >= 15 is 0 Å². The van der Waals surface area contributed by atoms with Gasteiger partial charge in [0.05, 0.1) is 6.33 Å². The molecule has 3 N–H and O–H groups in total. The van der Waals surface area contributed by atoms with Gasteiger partial charge in [0, 0.05) is 17.8 Å². The number of imidazole rings is 1. The summed E-state index contributed by atoms with van der Waals surface area (Å²) >= 11 is 0. The number of pyridine rings is 1. The SMILES string of the molecule is N=C(N)c1cnc2c(c1)ncn2C1CC1. The Balaban J connectivity index is 2.17. The topological polar surface area (TPSA) is 80.6 Å². The van der Waals surface area contributed by atoms with Gasteiger partial charge in [0.1, 0.15) is 11.4 Å². The van der Waals surface area contributed by atoms with Gasteiger partial charge >= 0.3 is 0 Å². The molecule has 0 saturated heterocycles. The molecule has 0 spiro atoms. The molecule has 0 aliphatic heterocycles. The molecule has 0 bridgehead atoms. The highest BCUT2D eigenvalue weighted by atomic mass is 15.1. The summed E-state index contributed by atoms with van der Waals surface area (Å²) in [6.45, 7) is 0. The molecule has 3 rings (SSSR count). The molecule has 2 aromatic rings. The van der Waals surface area contributed by atoms with E-state index in [4.69, 9.17) is 11.1 Å². The van der Waals surface area contributed by atoms with Gasteiger partial charge in [-0.1, -0.05) is 0 Å². The number of rotatable bonds is 2. The number of hydrogen-bond donors (Lipinski definition) is 2. The molecule has 76 valence electrons. The fourth-order valence-corrected chi connectivity index (χ4v) is 1.69. The summed E-state index contributed by atoms with van der Waals surface area (Å²) in [5.74, 6) is 0.0328. The van der Waals surface area contributed by atoms with Crippen LogP contribution in [0.5, 0.6) is 0 Å². The number of aromatic nitrogens is 3. The van der Waals surface area contributed by atoms with E-state index < -0.39 is 0 Å². The van der Waals surface area contributed by atoms with Crippen LogP contribution in [0.4, 0.5) is 0 Å². The van der Waals surface area contributed by atoms with Crippen molar-refractivity contribution >= 4 is 17.0 Å². The van der Waals surface area contributed by atoms with Gasteiger partial charge in [-0.2, -0.15) is 0 Å². The lowest BCUT2D eigenvalue weighted by molar-refractivity contribution is 0.757. The second-order valence-electron chi connectivity index (χ2n) is 3.86. The van der Waals surface area contributed by atoms with Crippen LogP contribution in [0.25, 0.3) is 11.2 Å². The first-order valence-corrected chi connectivity index (χ1v) is 4.92. The summed E-state index contributed by atoms with van der Waals surface area (Å²) in [4.78, 5) is 8.57. The molecule has 0 amide bonds. The Morgan fingerprint density at radius 3 is 2.93 bits per heavy atom. The molecule has 1 aliphatic carbocycles. The summed E-state index contributed by atoms with van der Waals surface area (Å²) < 4.78 is 2.10. The first kappa shape index (κ1) is 8.40. The van der Waals surface area contributed by atoms with Gasteiger partial charge in [-0.3, -0.25) is 5.41 Å². The van der Waals surface area contributed by atoms with Crippen LogP contribution >= 0.6 is 0 Å². The lowest BCUT2D eigenvalue weighted by atomic mass is 10.2. The molecule has 1 aliphatic rings. The standard InChI is InChI=1S/C10H11N5/c11-9(12)6-3-8-10(13-4-6)15(5-14-8)7-1-2-7/h3-5,7H,1-2H2,(H3,11,12). The molecule has 1 fully saturated rings. The van der Waals surface area contributed by atoms with Crippen molar-refractivity contribution in [3.63, 3.8) is 0 Å². The van der Waals surface area contributed by atoms with Crippen molar-refractivity contribution in [3.05, 3.63) is 24.2 Å². The number of nitrogen functional groups attached to an aromatic ring is 1. The van der Waals surface area contributed by atoms with Crippen LogP contribution in [-0.4, -0.2) is 20.4 Å². The minimum atomic E-state index is 0.0328. The van der Waals surface area contributed by atoms with Crippen molar-refractivity contribution in [2.75, 3.05) is 0 Å². The van der Waals surface area contributed by atoms with E-state index in [1.807, 2.05) is 12.4 Å². The fraction of sp³-hybridized carbons (Fsp3) is 0.300. The minimum absolute atomic E-state index is 0.0328. The predicted octanol–water partition coefficient (Wildman–Crippen LogP) is 1.05. The molecule has 5 heteroatoms. The first-order chi connectivity index (χ1) is 7.25. The Labute approximate surface area is 86.5 Å². The Kier molecular flexibility index (Phi) is 1.56. The van der Waals surface area contributed by atoms with Gasteiger partial charge in [-0.15, -0.1) is 0 Å². The van der Waals surface area contributed by atoms with Crippen molar-refractivity contribution in [3.8, 4) is 0 Å². The van der Waals surface area contributed by atoms with E-state index in [1.165, 1.54) is 12.8 Å². The third-order valence-corrected chi connectivity index (χ3v) is 2.66. The highest BCUT2D eigenvalue weighted by molar-refractivity contribution is 5.96. The summed E-state index contributed by atoms with van der Waals surface area (Å²) in [6, 6.07) is 2.38. The van der Waals surface area contributed by atoms with Crippen molar-refractivity contribution in [2.45, 2.75) is 18.9 Å². The van der Waals surface area contributed by atoms with E-state index in [0.717, 1.165) is 11.2 Å². The van der Waals surface area contributed by atoms with Crippen molar-refractivity contribution in [1.82, 2.24) is 14.5 Å². The third-order valence-electron chi connectivity index (χ3n) is 2.66. The second-order valence-corrected chi connectivity index (χ2v) is 3.86. The van der Waals surface area contributed by atoms with Crippen LogP contribution < -0.4 is 5.73 Å². The zero-order valence-electron chi connectivity index (χ0n) is 8.14. The summed E-state index contributed by atoms with van der Waals surface area (Å²) in [7, 11) is 0. The Morgan fingerprint density at radius 1 is 1.47 bits per heavy atom. The van der Waals surface area contributed by atoms with E-state index in [9.17, 15) is 0 Å². The average molecular weight is 201 g/mol. The average Bonchev–Trinajstić information content (AvgIpc) is 2.98. The summed E-state index contributed by atoms with van der Waals surface area (Å²) in [6.07, 6.45) is 5.87. The molecule has 1 saturated carbocycles. The van der Waals surface area contributed by atoms with Gasteiger partial charge in [0.15, 0.2) is 5.65 Å². The lowest BCUT2D eigenvalue weighted by Gasteiger charge is -2.00. The van der Waals surface area contributed by atoms with Crippen LogP contribution in [0, 0.1) is 5.41 Å². The van der Waals surface area contributed by atoms with Crippen LogP contribution in [0.3, 0.4) is 0 Å². The number of fused-ring (bicyclic) bond motifs is 1. The van der Waals surface area contributed by atoms with E-state index in [1.54, 1.807) is 6.20 Å². The van der Waals surface area contributed by atoms with E-state index in [0.29, 0.717) is 11.6 Å². The summed E-state index contributed by atoms with van der Waals surface area (Å²) in [5, 5.41) is 7.32. The van der Waals surface area contributed by atoms with Crippen molar-refractivity contribution in [1.29, 1.82) is 5.41 Å². The number of nitrogens with zero attached hydrogens (tertiary/aromatic N) is 3. The Hall–Kier alpha value is -1.91. The van der Waals surface area contributed by atoms with Crippen molar-refractivity contribution in [2.24, 2.45) is 5.73 Å². The zero-order valence-corrected chi connectivity index (χ0v) is 8.14. The van der Waals surface area contributed by atoms with Crippen LogP contribution in [0.15, 0.2) is 18.6 Å². The fourth-order valence-electron chi connectivity index (χ4n) is 1.69. The molecular weight excluding hydrogens is 190 g/mol. The lowest BCUT2D eigenvalue weighted by Crippen LogP contribution is -2.11. The molecule has 2 aromatic heterocycles. The maximum Gasteiger partial charge on any atom is 0.160 e. The van der Waals surface area contributed by atoms with Crippen molar-refractivity contribution < 1.29 is 0 Å². The monoisotopic (exact) mass is 201 g/mol. The van der Waals surface area contributed by atoms with Crippen LogP contribution in [0.1, 0.15) is 24.4 Å². The van der Waals surface area contributed by atoms with Gasteiger partial charge in [-0.05, 0) is 18.9 Å². The number of hydrogen-bond acceptors (Lipinski definition) is 3. The molecule has 2 heterocycles. The second kappa shape index (κ2) is 2.79. The molecule has 15 heavy (non-hydrogen) atoms. The number of nitrogens with one attached hydrogen (secondary N) is 1. The highest BCUT2D eigenvalue weighted by Crippen LogP contribution is 2.36. The molecule has 0 atom stereocenters. The quantitative estimate of drug-likeness (QED) is 0.563. The van der Waals surface area contributed by atoms with Gasteiger partial charge in [0.2, 0.25) is 0 Å². The number of amidine groups is 1. The maximum absolute atomic E-state index is 7.32. The Morgan fingerprint density at radius 2 is 2.27 bits per heavy atom. The van der Waals surface area contributed by atoms with Gasteiger partial charge in [-0.25, -0.2) is 9.97 Å². The minimum Gasteiger partial charge on any atom is -0.384 e. The molecule has 0 unspecified atom stereocenters. The third kappa shape index (κ3) is 1.27. The first-order valence-electron chi connectivity index (χ1n) is 4.92. The van der Waals surface area contributed by atoms with Crippen LogP contribution in [0.2, 0.25) is 0 Å². The number of nitrogens with two attached hydrogens (primary N) is 1. The molecule has 5 nitrogen and oxygen atoms in total. The molecular formula is C10H11N5. The van der Waals surface area contributed by atoms with Gasteiger partial charge < -0.3 is 10.3 Å². The van der Waals surface area contributed by atoms with E-state index in [2.05, 4.69) is 14.5 Å². The highest BCUT2D eigenvalue weighted by Gasteiger charge is 2.25. The summed E-state index contributed by atoms with van der Waals surface area (Å²) in [5.41, 5.74) is 7.73. The largest absolute Gasteiger partial charge is 0.384 e. The molecule has 0 radical (unpaired) electrons. The Bertz CT molecular complexity index is 538. The smallest absolute Gasteiger partial charge is 0.160 e. The molecule has 0 aromatic carbocycles. The normalized spacial score (nSPS) is 15.7. The van der Waals surface area contributed by atoms with E-state index in [-0.39, 0.29) is 5.84 Å². The van der Waals surface area contributed by atoms with Crippen LogP contribution in [-0.2, 0) is 0 Å². The zero-order chi connectivity index (χ0) is 10.4. The maximum atomic E-state index is 7.32. The van der Waals surface area contributed by atoms with Gasteiger partial charge in [0.25, 0.3) is 0 Å². The predicted molar refractivity (Wildman–Crippen MR) is 56.8 cm³/mol.